The van der Waals surface area contributed by atoms with Gasteiger partial charge in [-0.15, -0.1) is 0 Å². The van der Waals surface area contributed by atoms with Crippen molar-refractivity contribution in [2.75, 3.05) is 0 Å². The van der Waals surface area contributed by atoms with E-state index in [0.717, 1.165) is 18.2 Å². The van der Waals surface area contributed by atoms with Crippen LogP contribution in [-0.4, -0.2) is 37.3 Å². The highest BCUT2D eigenvalue weighted by Gasteiger charge is 2.22. The van der Waals surface area contributed by atoms with E-state index in [1.807, 2.05) is 0 Å². The van der Waals surface area contributed by atoms with Crippen molar-refractivity contribution in [3.8, 4) is 5.75 Å². The van der Waals surface area contributed by atoms with Crippen LogP contribution in [0.4, 0.5) is 0 Å². The van der Waals surface area contributed by atoms with Crippen molar-refractivity contribution < 1.29 is 35.8 Å². The first-order valence-corrected chi connectivity index (χ1v) is 8.13. The third kappa shape index (κ3) is 2.74. The molecule has 10 heteroatoms. The molecule has 2 rings (SSSR count). The lowest BCUT2D eigenvalue weighted by molar-refractivity contribution is 0.112. The van der Waals surface area contributed by atoms with Crippen molar-refractivity contribution >= 4 is 37.3 Å². The van der Waals surface area contributed by atoms with Gasteiger partial charge in [0.05, 0.1) is 4.90 Å². The average molecular weight is 332 g/mol. The lowest BCUT2D eigenvalue weighted by atomic mass is 10.0. The maximum absolute atomic E-state index is 11.2. The van der Waals surface area contributed by atoms with Crippen LogP contribution in [0.3, 0.4) is 0 Å². The summed E-state index contributed by atoms with van der Waals surface area (Å²) in [4.78, 5) is 9.63. The Labute approximate surface area is 119 Å². The molecule has 0 aliphatic carbocycles. The molecule has 21 heavy (non-hydrogen) atoms. The minimum absolute atomic E-state index is 0.0168. The zero-order valence-corrected chi connectivity index (χ0v) is 11.7. The van der Waals surface area contributed by atoms with Crippen LogP contribution in [0.15, 0.2) is 34.1 Å². The lowest BCUT2D eigenvalue weighted by Gasteiger charge is -2.09. The number of phenolic OH excluding ortho intramolecular Hbond substituents is 1. The van der Waals surface area contributed by atoms with E-state index in [-0.39, 0.29) is 17.1 Å². The summed E-state index contributed by atoms with van der Waals surface area (Å²) in [5, 5.41) is 9.47. The van der Waals surface area contributed by atoms with Gasteiger partial charge in [0.2, 0.25) is 0 Å². The lowest BCUT2D eigenvalue weighted by Crippen LogP contribution is -2.04. The van der Waals surface area contributed by atoms with E-state index in [1.54, 1.807) is 0 Å². The molecule has 8 nitrogen and oxygen atoms in total. The van der Waals surface area contributed by atoms with Gasteiger partial charge in [0.1, 0.15) is 10.6 Å². The Morgan fingerprint density at radius 1 is 0.905 bits per heavy atom. The number of phenols is 1. The van der Waals surface area contributed by atoms with Crippen molar-refractivity contribution in [2.45, 2.75) is 9.79 Å². The molecule has 112 valence electrons. The zero-order valence-electron chi connectivity index (χ0n) is 10.1. The van der Waals surface area contributed by atoms with E-state index in [0.29, 0.717) is 6.07 Å². The first-order valence-electron chi connectivity index (χ1n) is 5.25. The second-order valence-corrected chi connectivity index (χ2v) is 6.89. The van der Waals surface area contributed by atoms with Gasteiger partial charge >= 0.3 is 0 Å². The molecule has 0 aliphatic heterocycles. The molecule has 0 saturated carbocycles. The molecule has 0 unspecified atom stereocenters. The number of carbonyl (C=O) groups excluding carboxylic acids is 1. The minimum atomic E-state index is -4.81. The van der Waals surface area contributed by atoms with Crippen LogP contribution < -0.4 is 0 Å². The molecule has 0 heterocycles. The molecule has 0 amide bonds. The molecule has 0 aliphatic rings. The van der Waals surface area contributed by atoms with Crippen molar-refractivity contribution in [3.05, 3.63) is 29.8 Å². The molecule has 3 N–H and O–H groups in total. The van der Waals surface area contributed by atoms with Gasteiger partial charge in [-0.25, -0.2) is 0 Å². The van der Waals surface area contributed by atoms with Gasteiger partial charge in [-0.05, 0) is 23.6 Å². The van der Waals surface area contributed by atoms with Gasteiger partial charge in [-0.1, -0.05) is 0 Å². The Balaban J connectivity index is 3.05. The molecular formula is C11H8O8S2. The summed E-state index contributed by atoms with van der Waals surface area (Å²) in [5.41, 5.74) is -0.532. The maximum Gasteiger partial charge on any atom is 0.295 e. The summed E-state index contributed by atoms with van der Waals surface area (Å²) < 4.78 is 62.6. The summed E-state index contributed by atoms with van der Waals surface area (Å²) in [7, 11) is -9.40. The van der Waals surface area contributed by atoms with Gasteiger partial charge in [-0.3, -0.25) is 13.9 Å². The van der Waals surface area contributed by atoms with Gasteiger partial charge in [0.25, 0.3) is 20.2 Å². The number of hydrogen-bond acceptors (Lipinski definition) is 6. The monoisotopic (exact) mass is 332 g/mol. The fourth-order valence-electron chi connectivity index (χ4n) is 1.88. The highest BCUT2D eigenvalue weighted by molar-refractivity contribution is 7.86. The highest BCUT2D eigenvalue weighted by Crippen LogP contribution is 2.33. The molecule has 0 fully saturated rings. The van der Waals surface area contributed by atoms with E-state index in [2.05, 4.69) is 0 Å². The second kappa shape index (κ2) is 4.77. The Bertz CT molecular complexity index is 957. The number of carbonyl (C=O) groups is 1. The third-order valence-electron chi connectivity index (χ3n) is 2.78. The number of hydrogen-bond donors (Lipinski definition) is 3. The predicted octanol–water partition coefficient (Wildman–Crippen LogP) is 0.851. The smallest absolute Gasteiger partial charge is 0.295 e. The summed E-state index contributed by atoms with van der Waals surface area (Å²) in [6.45, 7) is 0. The average Bonchev–Trinajstić information content (AvgIpc) is 2.36. The molecule has 2 aromatic carbocycles. The summed E-state index contributed by atoms with van der Waals surface area (Å²) >= 11 is 0. The van der Waals surface area contributed by atoms with Crippen molar-refractivity contribution in [2.24, 2.45) is 0 Å². The number of fused-ring (bicyclic) bond motifs is 1. The van der Waals surface area contributed by atoms with E-state index in [9.17, 15) is 26.7 Å². The van der Waals surface area contributed by atoms with Crippen molar-refractivity contribution in [1.82, 2.24) is 0 Å². The largest absolute Gasteiger partial charge is 0.507 e. The van der Waals surface area contributed by atoms with Gasteiger partial charge in [0.15, 0.2) is 6.29 Å². The normalized spacial score (nSPS) is 12.5. The van der Waals surface area contributed by atoms with Crippen LogP contribution in [-0.2, 0) is 20.2 Å². The van der Waals surface area contributed by atoms with Crippen LogP contribution in [0.25, 0.3) is 10.8 Å². The van der Waals surface area contributed by atoms with Crippen LogP contribution in [0.2, 0.25) is 0 Å². The topological polar surface area (TPSA) is 146 Å². The second-order valence-electron chi connectivity index (χ2n) is 4.08. The maximum atomic E-state index is 11.2. The molecular weight excluding hydrogens is 324 g/mol. The first-order chi connectivity index (χ1) is 9.55. The Morgan fingerprint density at radius 2 is 1.52 bits per heavy atom. The van der Waals surface area contributed by atoms with E-state index < -0.39 is 41.3 Å². The van der Waals surface area contributed by atoms with Crippen molar-refractivity contribution in [3.63, 3.8) is 0 Å². The number of aldehydes is 1. The summed E-state index contributed by atoms with van der Waals surface area (Å²) in [6.07, 6.45) is 0.0959. The molecule has 0 spiro atoms. The molecule has 0 bridgehead atoms. The SMILES string of the molecule is O=Cc1c(S(=O)(=O)O)cc(O)c2ccc(S(=O)(=O)O)cc12. The first kappa shape index (κ1) is 15.4. The standard InChI is InChI=1S/C11H8O8S2/c12-5-9-8-3-6(20(14,15)16)1-2-7(8)10(13)4-11(9)21(17,18)19/h1-5,13H,(H,14,15,16)(H,17,18,19). The van der Waals surface area contributed by atoms with Gasteiger partial charge in [0, 0.05) is 17.0 Å². The van der Waals surface area contributed by atoms with E-state index >= 15 is 0 Å². The van der Waals surface area contributed by atoms with Gasteiger partial charge < -0.3 is 5.11 Å². The van der Waals surface area contributed by atoms with Crippen LogP contribution in [0.1, 0.15) is 10.4 Å². The molecule has 0 radical (unpaired) electrons. The fraction of sp³-hybridized carbons (Fsp3) is 0. The molecule has 2 aromatic rings. The number of benzene rings is 2. The Morgan fingerprint density at radius 3 is 2.00 bits per heavy atom. The third-order valence-corrected chi connectivity index (χ3v) is 4.53. The summed E-state index contributed by atoms with van der Waals surface area (Å²) in [6, 6.07) is 3.56. The molecule has 0 atom stereocenters. The minimum Gasteiger partial charge on any atom is -0.507 e. The van der Waals surface area contributed by atoms with Crippen LogP contribution in [0, 0.1) is 0 Å². The quantitative estimate of drug-likeness (QED) is 0.554. The summed E-state index contributed by atoms with van der Waals surface area (Å²) in [5.74, 6) is -0.579. The molecule has 0 saturated heterocycles. The van der Waals surface area contributed by atoms with Crippen LogP contribution >= 0.6 is 0 Å². The van der Waals surface area contributed by atoms with Crippen molar-refractivity contribution in [1.29, 1.82) is 0 Å². The van der Waals surface area contributed by atoms with E-state index in [4.69, 9.17) is 9.11 Å². The van der Waals surface area contributed by atoms with Gasteiger partial charge in [-0.2, -0.15) is 16.8 Å². The Kier molecular flexibility index (Phi) is 3.49. The number of aromatic hydroxyl groups is 1. The van der Waals surface area contributed by atoms with E-state index in [1.165, 1.54) is 0 Å². The zero-order chi connectivity index (χ0) is 16.0. The predicted molar refractivity (Wildman–Crippen MR) is 70.6 cm³/mol. The Hall–Kier alpha value is -2.01. The highest BCUT2D eigenvalue weighted by atomic mass is 32.2. The molecule has 0 aromatic heterocycles. The fourth-order valence-corrected chi connectivity index (χ4v) is 3.08. The van der Waals surface area contributed by atoms with Crippen LogP contribution in [0.5, 0.6) is 5.75 Å². The number of rotatable bonds is 3.